The third-order valence-electron chi connectivity index (χ3n) is 1.74. The molecule has 0 aliphatic heterocycles. The van der Waals surface area contributed by atoms with Crippen molar-refractivity contribution in [2.75, 3.05) is 0 Å². The molecular weight excluding hydrogens is 144 g/mol. The minimum absolute atomic E-state index is 1.14. The van der Waals surface area contributed by atoms with E-state index in [-0.39, 0.29) is 0 Å². The summed E-state index contributed by atoms with van der Waals surface area (Å²) >= 11 is 0. The predicted molar refractivity (Wildman–Crippen MR) is 52.9 cm³/mol. The van der Waals surface area contributed by atoms with E-state index in [4.69, 9.17) is 0 Å². The van der Waals surface area contributed by atoms with Gasteiger partial charge in [-0.3, -0.25) is 0 Å². The second kappa shape index (κ2) is 5.59. The van der Waals surface area contributed by atoms with Crippen molar-refractivity contribution in [3.8, 4) is 0 Å². The molecule has 1 aromatic rings. The number of rotatable bonds is 4. The van der Waals surface area contributed by atoms with E-state index >= 15 is 0 Å². The summed E-state index contributed by atoms with van der Waals surface area (Å²) in [6, 6.07) is 10.2. The van der Waals surface area contributed by atoms with Crippen LogP contribution in [0, 0.1) is 6.08 Å². The summed E-state index contributed by atoms with van der Waals surface area (Å²) in [6.07, 6.45) is 9.04. The molecule has 1 radical (unpaired) electrons. The van der Waals surface area contributed by atoms with Gasteiger partial charge in [-0.2, -0.15) is 0 Å². The van der Waals surface area contributed by atoms with Gasteiger partial charge in [0.1, 0.15) is 0 Å². The van der Waals surface area contributed by atoms with Crippen molar-refractivity contribution in [3.63, 3.8) is 0 Å². The average Bonchev–Trinajstić information content (AvgIpc) is 2.14. The monoisotopic (exact) mass is 159 g/mol. The van der Waals surface area contributed by atoms with E-state index in [0.717, 1.165) is 6.42 Å². The van der Waals surface area contributed by atoms with Crippen molar-refractivity contribution in [2.24, 2.45) is 0 Å². The Hall–Kier alpha value is -1.04. The largest absolute Gasteiger partial charge is 0.0760 e. The third-order valence-corrected chi connectivity index (χ3v) is 1.74. The first kappa shape index (κ1) is 9.05. The minimum atomic E-state index is 1.14. The van der Waals surface area contributed by atoms with Crippen LogP contribution >= 0.6 is 0 Å². The Bertz CT molecular complexity index is 221. The Morgan fingerprint density at radius 2 is 2.00 bits per heavy atom. The maximum Gasteiger partial charge on any atom is -0.0149 e. The van der Waals surface area contributed by atoms with Crippen molar-refractivity contribution in [1.82, 2.24) is 0 Å². The normalized spacial score (nSPS) is 10.8. The third kappa shape index (κ3) is 3.38. The summed E-state index contributed by atoms with van der Waals surface area (Å²) in [4.78, 5) is 0. The Kier molecular flexibility index (Phi) is 4.22. The number of hydrogen-bond acceptors (Lipinski definition) is 0. The Morgan fingerprint density at radius 1 is 1.25 bits per heavy atom. The molecule has 0 N–H and O–H groups in total. The molecule has 0 spiro atoms. The predicted octanol–water partition coefficient (Wildman–Crippen LogP) is 3.58. The van der Waals surface area contributed by atoms with Gasteiger partial charge in [-0.15, -0.1) is 0 Å². The molecule has 0 aromatic heterocycles. The maximum absolute atomic E-state index is 3.25. The molecule has 0 fully saturated rings. The summed E-state index contributed by atoms with van der Waals surface area (Å²) < 4.78 is 0. The van der Waals surface area contributed by atoms with Crippen LogP contribution in [0.1, 0.15) is 31.7 Å². The van der Waals surface area contributed by atoms with E-state index in [0.29, 0.717) is 0 Å². The van der Waals surface area contributed by atoms with Crippen LogP contribution in [0.15, 0.2) is 36.4 Å². The maximum atomic E-state index is 3.25. The Balaban J connectivity index is 2.36. The number of unbranched alkanes of at least 4 members (excludes halogenated alkanes) is 2. The summed E-state index contributed by atoms with van der Waals surface area (Å²) in [5, 5.41) is 0. The van der Waals surface area contributed by atoms with Crippen molar-refractivity contribution in [3.05, 3.63) is 48.0 Å². The fourth-order valence-corrected chi connectivity index (χ4v) is 1.03. The Morgan fingerprint density at radius 3 is 2.67 bits per heavy atom. The smallest absolute Gasteiger partial charge is 0.0149 e. The molecule has 0 heterocycles. The van der Waals surface area contributed by atoms with E-state index in [1.54, 1.807) is 0 Å². The molecule has 0 saturated carbocycles. The van der Waals surface area contributed by atoms with Crippen LogP contribution in [0.4, 0.5) is 0 Å². The molecule has 12 heavy (non-hydrogen) atoms. The molecule has 1 aromatic carbocycles. The van der Waals surface area contributed by atoms with Crippen LogP contribution in [0.2, 0.25) is 0 Å². The van der Waals surface area contributed by atoms with Crippen LogP contribution in [-0.2, 0) is 0 Å². The van der Waals surface area contributed by atoms with Gasteiger partial charge < -0.3 is 0 Å². The van der Waals surface area contributed by atoms with Gasteiger partial charge in [-0.05, 0) is 18.1 Å². The van der Waals surface area contributed by atoms with Crippen LogP contribution in [0.3, 0.4) is 0 Å². The van der Waals surface area contributed by atoms with E-state index < -0.39 is 0 Å². The van der Waals surface area contributed by atoms with Gasteiger partial charge in [0.25, 0.3) is 0 Å². The summed E-state index contributed by atoms with van der Waals surface area (Å²) in [6.45, 7) is 2.20. The summed E-state index contributed by atoms with van der Waals surface area (Å²) in [5.74, 6) is 0. The van der Waals surface area contributed by atoms with Gasteiger partial charge in [-0.25, -0.2) is 0 Å². The fourth-order valence-electron chi connectivity index (χ4n) is 1.03. The van der Waals surface area contributed by atoms with Crippen LogP contribution < -0.4 is 0 Å². The SMILES string of the molecule is CCCC/C=[C]\c1ccccc1. The molecule has 0 unspecified atom stereocenters. The molecule has 0 aliphatic rings. The topological polar surface area (TPSA) is 0 Å². The summed E-state index contributed by atoms with van der Waals surface area (Å²) in [5.41, 5.74) is 1.17. The standard InChI is InChI=1S/C12H15/c1-2-3-4-6-9-12-10-7-5-8-11-12/h5-8,10-11H,2-4H2,1H3. The second-order valence-electron chi connectivity index (χ2n) is 2.86. The molecular formula is C12H15. The van der Waals surface area contributed by atoms with Crippen LogP contribution in [0.25, 0.3) is 0 Å². The lowest BCUT2D eigenvalue weighted by Crippen LogP contribution is -1.72. The zero-order chi connectivity index (χ0) is 8.65. The van der Waals surface area contributed by atoms with Gasteiger partial charge in [0.15, 0.2) is 0 Å². The van der Waals surface area contributed by atoms with Gasteiger partial charge in [0.2, 0.25) is 0 Å². The zero-order valence-electron chi connectivity index (χ0n) is 7.59. The minimum Gasteiger partial charge on any atom is -0.0760 e. The van der Waals surface area contributed by atoms with E-state index in [1.807, 2.05) is 18.2 Å². The molecule has 0 amide bonds. The fraction of sp³-hybridized carbons (Fsp3) is 0.333. The van der Waals surface area contributed by atoms with E-state index in [9.17, 15) is 0 Å². The summed E-state index contributed by atoms with van der Waals surface area (Å²) in [7, 11) is 0. The lowest BCUT2D eigenvalue weighted by Gasteiger charge is -1.90. The highest BCUT2D eigenvalue weighted by Crippen LogP contribution is 2.01. The molecule has 63 valence electrons. The average molecular weight is 159 g/mol. The van der Waals surface area contributed by atoms with Crippen molar-refractivity contribution in [1.29, 1.82) is 0 Å². The molecule has 0 atom stereocenters. The molecule has 1 rings (SSSR count). The number of allylic oxidation sites excluding steroid dienone is 1. The van der Waals surface area contributed by atoms with Gasteiger partial charge in [0.05, 0.1) is 0 Å². The van der Waals surface area contributed by atoms with Gasteiger partial charge in [-0.1, -0.05) is 56.2 Å². The Labute approximate surface area is 74.9 Å². The lowest BCUT2D eigenvalue weighted by atomic mass is 10.2. The van der Waals surface area contributed by atoms with Gasteiger partial charge >= 0.3 is 0 Å². The molecule has 0 aliphatic carbocycles. The molecule has 0 heteroatoms. The number of hydrogen-bond donors (Lipinski definition) is 0. The van der Waals surface area contributed by atoms with Crippen LogP contribution in [-0.4, -0.2) is 0 Å². The van der Waals surface area contributed by atoms with Crippen LogP contribution in [0.5, 0.6) is 0 Å². The highest BCUT2D eigenvalue weighted by molar-refractivity contribution is 5.21. The highest BCUT2D eigenvalue weighted by atomic mass is 13.9. The number of benzene rings is 1. The highest BCUT2D eigenvalue weighted by Gasteiger charge is 1.82. The van der Waals surface area contributed by atoms with Crippen molar-refractivity contribution >= 4 is 0 Å². The van der Waals surface area contributed by atoms with E-state index in [1.165, 1.54) is 18.4 Å². The first-order chi connectivity index (χ1) is 5.93. The van der Waals surface area contributed by atoms with Crippen molar-refractivity contribution in [2.45, 2.75) is 26.2 Å². The second-order valence-corrected chi connectivity index (χ2v) is 2.86. The zero-order valence-corrected chi connectivity index (χ0v) is 7.59. The van der Waals surface area contributed by atoms with E-state index in [2.05, 4.69) is 31.2 Å². The van der Waals surface area contributed by atoms with Gasteiger partial charge in [0, 0.05) is 0 Å². The van der Waals surface area contributed by atoms with Crippen molar-refractivity contribution < 1.29 is 0 Å². The first-order valence-corrected chi connectivity index (χ1v) is 4.56. The molecule has 0 bridgehead atoms. The molecule has 0 nitrogen and oxygen atoms in total. The first-order valence-electron chi connectivity index (χ1n) is 4.56. The lowest BCUT2D eigenvalue weighted by molar-refractivity contribution is 0.813. The molecule has 0 saturated heterocycles. The quantitative estimate of drug-likeness (QED) is 0.589.